The van der Waals surface area contributed by atoms with Crippen LogP contribution in [0.3, 0.4) is 0 Å². The Morgan fingerprint density at radius 1 is 1.33 bits per heavy atom. The first kappa shape index (κ1) is 16.8. The van der Waals surface area contributed by atoms with Gasteiger partial charge in [0.2, 0.25) is 0 Å². The molecule has 0 aromatic heterocycles. The molecule has 104 valence electrons. The lowest BCUT2D eigenvalue weighted by atomic mass is 10.1. The van der Waals surface area contributed by atoms with Crippen molar-refractivity contribution in [2.45, 2.75) is 26.8 Å². The highest BCUT2D eigenvalue weighted by Gasteiger charge is 2.20. The number of nitrogens with two attached hydrogens (primary N) is 1. The molecule has 0 saturated heterocycles. The van der Waals surface area contributed by atoms with E-state index < -0.39 is 11.8 Å². The molecule has 6 nitrogen and oxygen atoms in total. The average molecular weight is 275 g/mol. The maximum absolute atomic E-state index is 11.6. The van der Waals surface area contributed by atoms with E-state index in [-0.39, 0.29) is 23.5 Å². The molecule has 7 heteroatoms. The van der Waals surface area contributed by atoms with Crippen LogP contribution in [0.5, 0.6) is 0 Å². The zero-order valence-corrected chi connectivity index (χ0v) is 11.8. The summed E-state index contributed by atoms with van der Waals surface area (Å²) in [4.78, 5) is 23.1. The highest BCUT2D eigenvalue weighted by atomic mass is 32.1. The number of thiocarbonyl (C=S) groups is 1. The SMILES string of the molecule is CCOCC(NC(=O)C(=O)NCC(N)=S)C(C)C. The Hall–Kier alpha value is -1.21. The molecule has 0 heterocycles. The number of hydrogen-bond acceptors (Lipinski definition) is 4. The summed E-state index contributed by atoms with van der Waals surface area (Å²) in [6.45, 7) is 6.70. The lowest BCUT2D eigenvalue weighted by molar-refractivity contribution is -0.139. The van der Waals surface area contributed by atoms with Crippen LogP contribution < -0.4 is 16.4 Å². The van der Waals surface area contributed by atoms with Gasteiger partial charge in [-0.05, 0) is 12.8 Å². The highest BCUT2D eigenvalue weighted by molar-refractivity contribution is 7.80. The molecule has 0 aliphatic heterocycles. The summed E-state index contributed by atoms with van der Waals surface area (Å²) >= 11 is 4.60. The molecule has 0 aromatic carbocycles. The molecular formula is C11H21N3O3S. The van der Waals surface area contributed by atoms with Crippen molar-refractivity contribution in [3.8, 4) is 0 Å². The number of rotatable bonds is 7. The summed E-state index contributed by atoms with van der Waals surface area (Å²) in [6.07, 6.45) is 0. The minimum absolute atomic E-state index is 0.0133. The van der Waals surface area contributed by atoms with Crippen LogP contribution in [0.1, 0.15) is 20.8 Å². The van der Waals surface area contributed by atoms with Crippen molar-refractivity contribution in [2.24, 2.45) is 11.7 Å². The molecule has 0 rings (SSSR count). The summed E-state index contributed by atoms with van der Waals surface area (Å²) in [6, 6.07) is -0.201. The fraction of sp³-hybridized carbons (Fsp3) is 0.727. The third kappa shape index (κ3) is 7.18. The first-order valence-electron chi connectivity index (χ1n) is 5.83. The molecule has 0 aliphatic carbocycles. The highest BCUT2D eigenvalue weighted by Crippen LogP contribution is 2.02. The average Bonchev–Trinajstić information content (AvgIpc) is 2.30. The molecule has 0 aliphatic rings. The Morgan fingerprint density at radius 2 is 1.94 bits per heavy atom. The van der Waals surface area contributed by atoms with Gasteiger partial charge in [0.1, 0.15) is 0 Å². The fourth-order valence-corrected chi connectivity index (χ4v) is 1.20. The lowest BCUT2D eigenvalue weighted by Gasteiger charge is -2.21. The normalized spacial score (nSPS) is 12.0. The van der Waals surface area contributed by atoms with Gasteiger partial charge in [-0.1, -0.05) is 26.1 Å². The van der Waals surface area contributed by atoms with E-state index in [4.69, 9.17) is 10.5 Å². The van der Waals surface area contributed by atoms with Gasteiger partial charge in [0.05, 0.1) is 24.2 Å². The predicted molar refractivity (Wildman–Crippen MR) is 73.1 cm³/mol. The second-order valence-corrected chi connectivity index (χ2v) is 4.66. The van der Waals surface area contributed by atoms with E-state index in [9.17, 15) is 9.59 Å². The zero-order valence-electron chi connectivity index (χ0n) is 11.0. The number of hydrogen-bond donors (Lipinski definition) is 3. The van der Waals surface area contributed by atoms with Crippen LogP contribution in [0, 0.1) is 5.92 Å². The second kappa shape index (κ2) is 8.82. The van der Waals surface area contributed by atoms with E-state index in [2.05, 4.69) is 22.9 Å². The van der Waals surface area contributed by atoms with Gasteiger partial charge in [-0.25, -0.2) is 0 Å². The largest absolute Gasteiger partial charge is 0.392 e. The third-order valence-electron chi connectivity index (χ3n) is 2.25. The van der Waals surface area contributed by atoms with Crippen LogP contribution in [-0.4, -0.2) is 42.6 Å². The van der Waals surface area contributed by atoms with Crippen LogP contribution in [0.15, 0.2) is 0 Å². The van der Waals surface area contributed by atoms with Crippen LogP contribution in [-0.2, 0) is 14.3 Å². The molecule has 0 saturated carbocycles. The summed E-state index contributed by atoms with van der Waals surface area (Å²) in [5, 5.41) is 4.94. The Bertz CT molecular complexity index is 308. The van der Waals surface area contributed by atoms with Gasteiger partial charge < -0.3 is 21.1 Å². The van der Waals surface area contributed by atoms with Crippen molar-refractivity contribution < 1.29 is 14.3 Å². The lowest BCUT2D eigenvalue weighted by Crippen LogP contribution is -2.49. The summed E-state index contributed by atoms with van der Waals surface area (Å²) < 4.78 is 5.25. The van der Waals surface area contributed by atoms with Crippen molar-refractivity contribution in [3.05, 3.63) is 0 Å². The van der Waals surface area contributed by atoms with Gasteiger partial charge in [0, 0.05) is 6.61 Å². The monoisotopic (exact) mass is 275 g/mol. The first-order valence-corrected chi connectivity index (χ1v) is 6.24. The van der Waals surface area contributed by atoms with Crippen molar-refractivity contribution in [1.29, 1.82) is 0 Å². The van der Waals surface area contributed by atoms with E-state index in [1.807, 2.05) is 20.8 Å². The molecule has 2 amide bonds. The number of carbonyl (C=O) groups excluding carboxylic acids is 2. The Kier molecular flexibility index (Phi) is 8.23. The molecule has 0 fully saturated rings. The van der Waals surface area contributed by atoms with E-state index in [1.165, 1.54) is 0 Å². The van der Waals surface area contributed by atoms with Crippen molar-refractivity contribution in [1.82, 2.24) is 10.6 Å². The summed E-state index contributed by atoms with van der Waals surface area (Å²) in [5.41, 5.74) is 5.22. The van der Waals surface area contributed by atoms with E-state index in [0.717, 1.165) is 0 Å². The van der Waals surface area contributed by atoms with E-state index >= 15 is 0 Å². The van der Waals surface area contributed by atoms with E-state index in [1.54, 1.807) is 0 Å². The maximum atomic E-state index is 11.6. The summed E-state index contributed by atoms with van der Waals surface area (Å²) in [5.74, 6) is -1.28. The molecular weight excluding hydrogens is 254 g/mol. The van der Waals surface area contributed by atoms with Crippen LogP contribution in [0.25, 0.3) is 0 Å². The molecule has 1 atom stereocenters. The number of ether oxygens (including phenoxy) is 1. The third-order valence-corrected chi connectivity index (χ3v) is 2.40. The molecule has 0 spiro atoms. The number of nitrogens with one attached hydrogen (secondary N) is 2. The standard InChI is InChI=1S/C11H21N3O3S/c1-4-17-6-8(7(2)3)14-11(16)10(15)13-5-9(12)18/h7-8H,4-6H2,1-3H3,(H2,12,18)(H,13,15)(H,14,16). The van der Waals surface area contributed by atoms with Gasteiger partial charge >= 0.3 is 11.8 Å². The van der Waals surface area contributed by atoms with E-state index in [0.29, 0.717) is 13.2 Å². The predicted octanol–water partition coefficient (Wildman–Crippen LogP) is -0.434. The van der Waals surface area contributed by atoms with Crippen LogP contribution >= 0.6 is 12.2 Å². The molecule has 4 N–H and O–H groups in total. The number of carbonyl (C=O) groups is 2. The van der Waals surface area contributed by atoms with Gasteiger partial charge in [0.15, 0.2) is 0 Å². The quantitative estimate of drug-likeness (QED) is 0.433. The molecule has 0 aromatic rings. The minimum atomic E-state index is -0.745. The van der Waals surface area contributed by atoms with Crippen molar-refractivity contribution in [3.63, 3.8) is 0 Å². The van der Waals surface area contributed by atoms with Crippen molar-refractivity contribution in [2.75, 3.05) is 19.8 Å². The topological polar surface area (TPSA) is 93.4 Å². The molecule has 0 radical (unpaired) electrons. The Balaban J connectivity index is 4.23. The summed E-state index contributed by atoms with van der Waals surface area (Å²) in [7, 11) is 0. The maximum Gasteiger partial charge on any atom is 0.309 e. The number of amides is 2. The van der Waals surface area contributed by atoms with Crippen LogP contribution in [0.4, 0.5) is 0 Å². The van der Waals surface area contributed by atoms with Gasteiger partial charge in [-0.15, -0.1) is 0 Å². The van der Waals surface area contributed by atoms with Gasteiger partial charge in [-0.2, -0.15) is 0 Å². The zero-order chi connectivity index (χ0) is 14.1. The molecule has 0 bridgehead atoms. The second-order valence-electron chi connectivity index (χ2n) is 4.13. The first-order chi connectivity index (χ1) is 8.38. The van der Waals surface area contributed by atoms with Crippen LogP contribution in [0.2, 0.25) is 0 Å². The Labute approximate surface area is 113 Å². The Morgan fingerprint density at radius 3 is 2.39 bits per heavy atom. The smallest absolute Gasteiger partial charge is 0.309 e. The van der Waals surface area contributed by atoms with Crippen molar-refractivity contribution >= 4 is 29.0 Å². The molecule has 18 heavy (non-hydrogen) atoms. The van der Waals surface area contributed by atoms with Gasteiger partial charge in [0.25, 0.3) is 0 Å². The van der Waals surface area contributed by atoms with Gasteiger partial charge in [-0.3, -0.25) is 9.59 Å². The molecule has 1 unspecified atom stereocenters. The fourth-order valence-electron chi connectivity index (χ4n) is 1.13. The minimum Gasteiger partial charge on any atom is -0.392 e.